The van der Waals surface area contributed by atoms with Crippen molar-refractivity contribution in [2.24, 2.45) is 10.8 Å². The number of carbonyl (C=O) groups excluding carboxylic acids is 1. The van der Waals surface area contributed by atoms with Crippen molar-refractivity contribution < 1.29 is 14.7 Å². The van der Waals surface area contributed by atoms with Gasteiger partial charge in [-0.05, 0) is 5.41 Å². The summed E-state index contributed by atoms with van der Waals surface area (Å²) in [6, 6.07) is -0.0810. The predicted octanol–water partition coefficient (Wildman–Crippen LogP) is 1.74. The molecular weight excluding hydrogens is 194 g/mol. The van der Waals surface area contributed by atoms with Gasteiger partial charge in [-0.3, -0.25) is 4.79 Å². The normalized spacial score (nSPS) is 35.0. The molecule has 1 N–H and O–H groups in total. The molecule has 1 heterocycles. The molecular formula is C11H17NO3. The first-order chi connectivity index (χ1) is 6.78. The molecule has 4 heteroatoms. The van der Waals surface area contributed by atoms with E-state index in [2.05, 4.69) is 20.8 Å². The average molecular weight is 211 g/mol. The van der Waals surface area contributed by atoms with E-state index in [1.807, 2.05) is 0 Å². The van der Waals surface area contributed by atoms with Crippen LogP contribution in [0.2, 0.25) is 0 Å². The quantitative estimate of drug-likeness (QED) is 0.664. The van der Waals surface area contributed by atoms with Crippen LogP contribution in [-0.4, -0.2) is 34.5 Å². The predicted molar refractivity (Wildman–Crippen MR) is 54.6 cm³/mol. The fourth-order valence-electron chi connectivity index (χ4n) is 3.03. The molecule has 2 fully saturated rings. The molecule has 2 aliphatic rings. The Balaban J connectivity index is 2.29. The van der Waals surface area contributed by atoms with Crippen molar-refractivity contribution in [2.75, 3.05) is 6.54 Å². The van der Waals surface area contributed by atoms with Crippen LogP contribution < -0.4 is 0 Å². The summed E-state index contributed by atoms with van der Waals surface area (Å²) >= 11 is 0. The molecule has 4 nitrogen and oxygen atoms in total. The fourth-order valence-corrected chi connectivity index (χ4v) is 3.03. The minimum Gasteiger partial charge on any atom is -0.465 e. The summed E-state index contributed by atoms with van der Waals surface area (Å²) in [6.45, 7) is 6.80. The Hall–Kier alpha value is -1.06. The molecule has 0 aromatic rings. The van der Waals surface area contributed by atoms with E-state index in [-0.39, 0.29) is 22.7 Å². The van der Waals surface area contributed by atoms with Crippen LogP contribution >= 0.6 is 0 Å². The van der Waals surface area contributed by atoms with Gasteiger partial charge in [-0.25, -0.2) is 4.79 Å². The Morgan fingerprint density at radius 3 is 2.60 bits per heavy atom. The molecule has 2 atom stereocenters. The van der Waals surface area contributed by atoms with Crippen LogP contribution in [0.3, 0.4) is 0 Å². The molecule has 0 bridgehead atoms. The Morgan fingerprint density at radius 2 is 2.13 bits per heavy atom. The number of likely N-dealkylation sites (tertiary alicyclic amines) is 1. The van der Waals surface area contributed by atoms with Crippen molar-refractivity contribution in [3.63, 3.8) is 0 Å². The number of ketones is 1. The molecule has 1 saturated carbocycles. The van der Waals surface area contributed by atoms with Crippen molar-refractivity contribution >= 4 is 11.9 Å². The van der Waals surface area contributed by atoms with Gasteiger partial charge < -0.3 is 10.0 Å². The summed E-state index contributed by atoms with van der Waals surface area (Å²) in [5, 5.41) is 8.96. The Morgan fingerprint density at radius 1 is 1.53 bits per heavy atom. The number of nitrogens with zero attached hydrogens (tertiary/aromatic N) is 1. The van der Waals surface area contributed by atoms with Crippen LogP contribution in [0, 0.1) is 10.8 Å². The van der Waals surface area contributed by atoms with E-state index in [1.54, 1.807) is 0 Å². The lowest BCUT2D eigenvalue weighted by molar-refractivity contribution is -0.120. The van der Waals surface area contributed by atoms with E-state index >= 15 is 0 Å². The lowest BCUT2D eigenvalue weighted by atomic mass is 9.58. The van der Waals surface area contributed by atoms with Crippen molar-refractivity contribution in [2.45, 2.75) is 39.7 Å². The van der Waals surface area contributed by atoms with Gasteiger partial charge >= 0.3 is 6.09 Å². The summed E-state index contributed by atoms with van der Waals surface area (Å²) in [7, 11) is 0. The standard InChI is InChI=1S/C11H17NO3/c1-10(2,3)11-5-7(13)4-8(11)12(6-11)9(14)15/h8H,4-6H2,1-3H3,(H,14,15)/t8-,11+/m0/s1. The summed E-state index contributed by atoms with van der Waals surface area (Å²) < 4.78 is 0. The Kier molecular flexibility index (Phi) is 1.91. The van der Waals surface area contributed by atoms with Crippen molar-refractivity contribution in [1.82, 2.24) is 4.90 Å². The maximum Gasteiger partial charge on any atom is 0.407 e. The lowest BCUT2D eigenvalue weighted by Gasteiger charge is -2.59. The summed E-state index contributed by atoms with van der Waals surface area (Å²) in [6.07, 6.45) is 0.0590. The first-order valence-corrected chi connectivity index (χ1v) is 5.29. The van der Waals surface area contributed by atoms with Crippen LogP contribution in [0.5, 0.6) is 0 Å². The molecule has 1 aliphatic carbocycles. The number of hydrogen-bond donors (Lipinski definition) is 1. The van der Waals surface area contributed by atoms with Crippen molar-refractivity contribution in [3.05, 3.63) is 0 Å². The summed E-state index contributed by atoms with van der Waals surface area (Å²) in [5.74, 6) is 0.207. The number of carbonyl (C=O) groups is 2. The molecule has 0 aromatic heterocycles. The second-order valence-electron chi connectivity index (χ2n) is 5.75. The van der Waals surface area contributed by atoms with Gasteiger partial charge in [0.1, 0.15) is 5.78 Å². The summed E-state index contributed by atoms with van der Waals surface area (Å²) in [5.41, 5.74) is -0.113. The molecule has 0 spiro atoms. The monoisotopic (exact) mass is 211 g/mol. The Labute approximate surface area is 89.3 Å². The number of fused-ring (bicyclic) bond motifs is 1. The number of carboxylic acid groups (broad SMARTS) is 1. The van der Waals surface area contributed by atoms with Crippen LogP contribution in [0.25, 0.3) is 0 Å². The van der Waals surface area contributed by atoms with E-state index in [9.17, 15) is 9.59 Å². The smallest absolute Gasteiger partial charge is 0.407 e. The minimum absolute atomic E-state index is 0.00419. The third-order valence-electron chi connectivity index (χ3n) is 4.14. The maximum absolute atomic E-state index is 11.5. The molecule has 0 aromatic carbocycles. The van der Waals surface area contributed by atoms with E-state index < -0.39 is 6.09 Å². The molecule has 2 rings (SSSR count). The topological polar surface area (TPSA) is 57.6 Å². The van der Waals surface area contributed by atoms with Gasteiger partial charge in [-0.1, -0.05) is 20.8 Å². The van der Waals surface area contributed by atoms with E-state index in [0.717, 1.165) is 0 Å². The third kappa shape index (κ3) is 1.20. The van der Waals surface area contributed by atoms with Crippen LogP contribution in [-0.2, 0) is 4.79 Å². The molecule has 1 saturated heterocycles. The van der Waals surface area contributed by atoms with E-state index in [1.165, 1.54) is 4.90 Å². The maximum atomic E-state index is 11.5. The molecule has 1 amide bonds. The van der Waals surface area contributed by atoms with Crippen LogP contribution in [0.15, 0.2) is 0 Å². The van der Waals surface area contributed by atoms with Gasteiger partial charge in [0.2, 0.25) is 0 Å². The highest BCUT2D eigenvalue weighted by Crippen LogP contribution is 2.58. The van der Waals surface area contributed by atoms with E-state index in [4.69, 9.17) is 5.11 Å². The average Bonchev–Trinajstić information content (AvgIpc) is 2.26. The zero-order valence-electron chi connectivity index (χ0n) is 9.41. The van der Waals surface area contributed by atoms with Crippen LogP contribution in [0.4, 0.5) is 4.79 Å². The molecule has 84 valence electrons. The van der Waals surface area contributed by atoms with Gasteiger partial charge in [0, 0.05) is 24.8 Å². The number of amides is 1. The van der Waals surface area contributed by atoms with E-state index in [0.29, 0.717) is 19.4 Å². The second-order valence-corrected chi connectivity index (χ2v) is 5.75. The van der Waals surface area contributed by atoms with Crippen molar-refractivity contribution in [1.29, 1.82) is 0 Å². The fraction of sp³-hybridized carbons (Fsp3) is 0.818. The first kappa shape index (κ1) is 10.5. The second kappa shape index (κ2) is 2.74. The minimum atomic E-state index is -0.894. The molecule has 0 radical (unpaired) electrons. The van der Waals surface area contributed by atoms with Gasteiger partial charge in [0.05, 0.1) is 6.04 Å². The van der Waals surface area contributed by atoms with Gasteiger partial charge in [-0.15, -0.1) is 0 Å². The number of Topliss-reactive ketones (excluding diaryl/α,β-unsaturated/α-hetero) is 1. The first-order valence-electron chi connectivity index (χ1n) is 5.29. The summed E-state index contributed by atoms with van der Waals surface area (Å²) in [4.78, 5) is 23.8. The zero-order valence-corrected chi connectivity index (χ0v) is 9.41. The third-order valence-corrected chi connectivity index (χ3v) is 4.14. The van der Waals surface area contributed by atoms with Gasteiger partial charge in [0.25, 0.3) is 0 Å². The highest BCUT2D eigenvalue weighted by molar-refractivity contribution is 5.85. The zero-order chi connectivity index (χ0) is 11.4. The lowest BCUT2D eigenvalue weighted by Crippen LogP contribution is -2.68. The highest BCUT2D eigenvalue weighted by atomic mass is 16.4. The molecule has 15 heavy (non-hydrogen) atoms. The van der Waals surface area contributed by atoms with Crippen LogP contribution in [0.1, 0.15) is 33.6 Å². The Bertz CT molecular complexity index is 331. The largest absolute Gasteiger partial charge is 0.465 e. The molecule has 1 aliphatic heterocycles. The highest BCUT2D eigenvalue weighted by Gasteiger charge is 2.64. The van der Waals surface area contributed by atoms with Gasteiger partial charge in [0.15, 0.2) is 0 Å². The van der Waals surface area contributed by atoms with Crippen molar-refractivity contribution in [3.8, 4) is 0 Å². The SMILES string of the molecule is CC(C)(C)[C@@]12CC(=O)C[C@@H]1N(C(=O)O)C2. The van der Waals surface area contributed by atoms with Gasteiger partial charge in [-0.2, -0.15) is 0 Å². The number of hydrogen-bond acceptors (Lipinski definition) is 2. The number of rotatable bonds is 0. The molecule has 0 unspecified atom stereocenters.